The van der Waals surface area contributed by atoms with Crippen molar-refractivity contribution in [1.82, 2.24) is 4.57 Å². The highest BCUT2D eigenvalue weighted by atomic mass is 32.1. The van der Waals surface area contributed by atoms with Crippen LogP contribution in [0.25, 0.3) is 11.1 Å². The normalized spacial score (nSPS) is 12.3. The maximum atomic E-state index is 9.98. The summed E-state index contributed by atoms with van der Waals surface area (Å²) in [6.07, 6.45) is 0. The van der Waals surface area contributed by atoms with Gasteiger partial charge in [0.2, 0.25) is 0 Å². The molecule has 30 heavy (non-hydrogen) atoms. The minimum Gasteiger partial charge on any atom is -0.494 e. The lowest BCUT2D eigenvalue weighted by Gasteiger charge is -2.34. The van der Waals surface area contributed by atoms with Crippen molar-refractivity contribution in [3.05, 3.63) is 70.4 Å². The van der Waals surface area contributed by atoms with E-state index in [0.717, 1.165) is 17.0 Å². The van der Waals surface area contributed by atoms with Crippen molar-refractivity contribution in [2.75, 3.05) is 23.5 Å². The molecule has 0 bridgehead atoms. The fourth-order valence-corrected chi connectivity index (χ4v) is 3.93. The van der Waals surface area contributed by atoms with E-state index in [1.54, 1.807) is 0 Å². The minimum absolute atomic E-state index is 0.325. The highest BCUT2D eigenvalue weighted by molar-refractivity contribution is 7.71. The first-order valence-electron chi connectivity index (χ1n) is 9.56. The molecule has 1 N–H and O–H groups in total. The number of anilines is 2. The van der Waals surface area contributed by atoms with Crippen molar-refractivity contribution in [1.29, 1.82) is 10.5 Å². The maximum absolute atomic E-state index is 9.98. The summed E-state index contributed by atoms with van der Waals surface area (Å²) in [6, 6.07) is 21.8. The van der Waals surface area contributed by atoms with E-state index in [4.69, 9.17) is 17.0 Å². The Bertz CT molecular complexity index is 1220. The van der Waals surface area contributed by atoms with Gasteiger partial charge in [0.05, 0.1) is 25.5 Å². The maximum Gasteiger partial charge on any atom is 0.128 e. The number of hydrogen-bond acceptors (Lipinski definition) is 6. The van der Waals surface area contributed by atoms with Crippen LogP contribution in [0, 0.1) is 27.3 Å². The van der Waals surface area contributed by atoms with Gasteiger partial charge in [0.15, 0.2) is 0 Å². The fraction of sp³-hybridized carbons (Fsp3) is 0.174. The number of rotatable bonds is 4. The molecular formula is C23H19N5OS. The Balaban J connectivity index is 1.85. The Kier molecular flexibility index (Phi) is 5.38. The van der Waals surface area contributed by atoms with Crippen LogP contribution < -0.4 is 15.0 Å². The zero-order chi connectivity index (χ0) is 21.1. The lowest BCUT2D eigenvalue weighted by molar-refractivity contribution is 0.340. The van der Waals surface area contributed by atoms with Gasteiger partial charge in [-0.3, -0.25) is 4.57 Å². The van der Waals surface area contributed by atoms with Gasteiger partial charge in [0.25, 0.3) is 0 Å². The van der Waals surface area contributed by atoms with Crippen LogP contribution in [0.4, 0.5) is 11.5 Å². The number of pyridine rings is 1. The van der Waals surface area contributed by atoms with Crippen LogP contribution in [-0.2, 0) is 6.67 Å². The molecule has 0 saturated heterocycles. The summed E-state index contributed by atoms with van der Waals surface area (Å²) in [6.45, 7) is 3.48. The summed E-state index contributed by atoms with van der Waals surface area (Å²) in [4.78, 5) is 2.10. The Morgan fingerprint density at radius 3 is 2.37 bits per heavy atom. The number of aromatic nitrogens is 1. The van der Waals surface area contributed by atoms with E-state index in [1.165, 1.54) is 0 Å². The number of nitrogens with zero attached hydrogens (tertiary/aromatic N) is 4. The van der Waals surface area contributed by atoms with Crippen LogP contribution in [0.2, 0.25) is 0 Å². The molecule has 148 valence electrons. The summed E-state index contributed by atoms with van der Waals surface area (Å²) < 4.78 is 7.73. The van der Waals surface area contributed by atoms with Gasteiger partial charge in [0, 0.05) is 11.3 Å². The highest BCUT2D eigenvalue weighted by Gasteiger charge is 2.25. The molecule has 0 atom stereocenters. The number of para-hydroxylation sites is 1. The molecule has 1 aromatic heterocycles. The highest BCUT2D eigenvalue weighted by Crippen LogP contribution is 2.36. The summed E-state index contributed by atoms with van der Waals surface area (Å²) in [5, 5.41) is 23.2. The van der Waals surface area contributed by atoms with Gasteiger partial charge >= 0.3 is 0 Å². The lowest BCUT2D eigenvalue weighted by atomic mass is 9.96. The predicted octanol–water partition coefficient (Wildman–Crippen LogP) is 4.87. The second kappa shape index (κ2) is 8.28. The van der Waals surface area contributed by atoms with Crippen LogP contribution in [-0.4, -0.2) is 17.8 Å². The first kappa shape index (κ1) is 19.5. The molecule has 0 saturated carbocycles. The van der Waals surface area contributed by atoms with Crippen molar-refractivity contribution < 1.29 is 4.74 Å². The van der Waals surface area contributed by atoms with Crippen LogP contribution >= 0.6 is 12.2 Å². The molecule has 4 rings (SSSR count). The molecular weight excluding hydrogens is 394 g/mol. The number of nitrogens with one attached hydrogen (secondary N) is 1. The first-order chi connectivity index (χ1) is 14.7. The zero-order valence-corrected chi connectivity index (χ0v) is 17.2. The third-order valence-corrected chi connectivity index (χ3v) is 5.44. The van der Waals surface area contributed by atoms with Crippen molar-refractivity contribution >= 4 is 23.7 Å². The molecule has 1 aliphatic rings. The lowest BCUT2D eigenvalue weighted by Crippen LogP contribution is -2.38. The Hall–Kier alpha value is -3.81. The third-order valence-electron chi connectivity index (χ3n) is 5.01. The van der Waals surface area contributed by atoms with Crippen LogP contribution in [0.15, 0.2) is 54.6 Å². The average molecular weight is 414 g/mol. The summed E-state index contributed by atoms with van der Waals surface area (Å²) in [5.41, 5.74) is 3.08. The molecule has 0 spiro atoms. The van der Waals surface area contributed by atoms with Gasteiger partial charge < -0.3 is 15.0 Å². The summed E-state index contributed by atoms with van der Waals surface area (Å²) in [5.74, 6) is 1.37. The van der Waals surface area contributed by atoms with Crippen LogP contribution in [0.3, 0.4) is 0 Å². The smallest absolute Gasteiger partial charge is 0.128 e. The molecule has 0 radical (unpaired) electrons. The van der Waals surface area contributed by atoms with Crippen molar-refractivity contribution in [3.8, 4) is 29.0 Å². The SMILES string of the molecule is CCOc1ccc(-c2c(C#N)c3n(c(=S)c2C#N)CN(c2ccccc2)CN3)cc1. The van der Waals surface area contributed by atoms with Gasteiger partial charge in [0.1, 0.15) is 33.9 Å². The van der Waals surface area contributed by atoms with E-state index >= 15 is 0 Å². The number of hydrogen-bond donors (Lipinski definition) is 1. The molecule has 0 aliphatic carbocycles. The quantitative estimate of drug-likeness (QED) is 0.615. The molecule has 0 amide bonds. The number of fused-ring (bicyclic) bond motifs is 1. The molecule has 2 heterocycles. The standard InChI is InChI=1S/C23H19N5OS/c1-2-29-18-10-8-16(9-11-18)21-19(12-24)22-26-14-27(17-6-4-3-5-7-17)15-28(22)23(30)20(21)13-25/h3-11,26H,2,14-15H2,1H3. The monoisotopic (exact) mass is 413 g/mol. The van der Waals surface area contributed by atoms with Gasteiger partial charge in [-0.1, -0.05) is 42.5 Å². The van der Waals surface area contributed by atoms with Crippen LogP contribution in [0.5, 0.6) is 5.75 Å². The Labute approximate surface area is 180 Å². The van der Waals surface area contributed by atoms with Crippen molar-refractivity contribution in [2.24, 2.45) is 0 Å². The average Bonchev–Trinajstić information content (AvgIpc) is 2.80. The van der Waals surface area contributed by atoms with Gasteiger partial charge in [-0.25, -0.2) is 0 Å². The largest absolute Gasteiger partial charge is 0.494 e. The van der Waals surface area contributed by atoms with E-state index in [0.29, 0.717) is 47.1 Å². The molecule has 7 heteroatoms. The van der Waals surface area contributed by atoms with Crippen molar-refractivity contribution in [3.63, 3.8) is 0 Å². The van der Waals surface area contributed by atoms with Crippen LogP contribution in [0.1, 0.15) is 18.1 Å². The fourth-order valence-electron chi connectivity index (χ4n) is 3.63. The Morgan fingerprint density at radius 1 is 1.03 bits per heavy atom. The van der Waals surface area contributed by atoms with E-state index in [9.17, 15) is 10.5 Å². The predicted molar refractivity (Wildman–Crippen MR) is 119 cm³/mol. The van der Waals surface area contributed by atoms with Gasteiger partial charge in [-0.2, -0.15) is 10.5 Å². The summed E-state index contributed by atoms with van der Waals surface area (Å²) >= 11 is 5.68. The molecule has 0 fully saturated rings. The third kappa shape index (κ3) is 3.36. The van der Waals surface area contributed by atoms with Gasteiger partial charge in [-0.05, 0) is 36.8 Å². The minimum atomic E-state index is 0.325. The number of nitriles is 2. The van der Waals surface area contributed by atoms with E-state index in [-0.39, 0.29) is 0 Å². The second-order valence-corrected chi connectivity index (χ2v) is 7.13. The van der Waals surface area contributed by atoms with Gasteiger partial charge in [-0.15, -0.1) is 0 Å². The van der Waals surface area contributed by atoms with E-state index in [1.807, 2.05) is 66.1 Å². The number of benzene rings is 2. The molecule has 6 nitrogen and oxygen atoms in total. The zero-order valence-electron chi connectivity index (χ0n) is 16.4. The molecule has 2 aromatic carbocycles. The molecule has 0 unspecified atom stereocenters. The van der Waals surface area contributed by atoms with E-state index in [2.05, 4.69) is 22.4 Å². The Morgan fingerprint density at radius 2 is 1.73 bits per heavy atom. The second-order valence-electron chi connectivity index (χ2n) is 6.74. The topological polar surface area (TPSA) is 77.0 Å². The summed E-state index contributed by atoms with van der Waals surface area (Å²) in [7, 11) is 0. The first-order valence-corrected chi connectivity index (χ1v) is 9.96. The van der Waals surface area contributed by atoms with Crippen molar-refractivity contribution in [2.45, 2.75) is 13.6 Å². The molecule has 3 aromatic rings. The molecule has 1 aliphatic heterocycles. The van der Waals surface area contributed by atoms with E-state index < -0.39 is 0 Å². The number of ether oxygens (including phenoxy) is 1.